The fraction of sp³-hybridized carbons (Fsp3) is 0. The number of aromatic carboxylic acids is 1. The van der Waals surface area contributed by atoms with E-state index < -0.39 is 11.5 Å². The Morgan fingerprint density at radius 3 is 2.76 bits per heavy atom. The molecule has 1 heterocycles. The van der Waals surface area contributed by atoms with Gasteiger partial charge in [0.25, 0.3) is 5.56 Å². The molecule has 0 aliphatic carbocycles. The molecule has 2 aromatic carbocycles. The van der Waals surface area contributed by atoms with E-state index in [-0.39, 0.29) is 5.56 Å². The molecule has 1 aromatic heterocycles. The van der Waals surface area contributed by atoms with Crippen LogP contribution in [0.1, 0.15) is 10.4 Å². The first-order chi connectivity index (χ1) is 10.1. The zero-order valence-corrected chi connectivity index (χ0v) is 11.3. The number of nitrogens with zero attached hydrogens (tertiary/aromatic N) is 3. The first kappa shape index (κ1) is 13.3. The van der Waals surface area contributed by atoms with E-state index in [1.165, 1.54) is 24.3 Å². The summed E-state index contributed by atoms with van der Waals surface area (Å²) >= 11 is 5.88. The van der Waals surface area contributed by atoms with Gasteiger partial charge in [-0.15, -0.1) is 5.10 Å². The molecule has 0 fully saturated rings. The Labute approximate surface area is 123 Å². The van der Waals surface area contributed by atoms with Crippen molar-refractivity contribution in [2.24, 2.45) is 0 Å². The van der Waals surface area contributed by atoms with E-state index >= 15 is 0 Å². The summed E-state index contributed by atoms with van der Waals surface area (Å²) in [4.78, 5) is 23.4. The minimum Gasteiger partial charge on any atom is -0.478 e. The predicted octanol–water partition coefficient (Wildman–Crippen LogP) is 2.13. The van der Waals surface area contributed by atoms with Crippen LogP contribution in [-0.4, -0.2) is 26.1 Å². The number of carboxylic acid groups (broad SMARTS) is 1. The summed E-state index contributed by atoms with van der Waals surface area (Å²) in [5.41, 5.74) is 0.404. The van der Waals surface area contributed by atoms with Gasteiger partial charge in [-0.2, -0.15) is 4.68 Å². The van der Waals surface area contributed by atoms with Gasteiger partial charge in [-0.3, -0.25) is 4.79 Å². The average molecular weight is 302 g/mol. The lowest BCUT2D eigenvalue weighted by Crippen LogP contribution is -2.22. The summed E-state index contributed by atoms with van der Waals surface area (Å²) in [6, 6.07) is 10.6. The van der Waals surface area contributed by atoms with Crippen LogP contribution in [0.3, 0.4) is 0 Å². The maximum atomic E-state index is 12.4. The number of hydrogen-bond acceptors (Lipinski definition) is 4. The fourth-order valence-electron chi connectivity index (χ4n) is 1.95. The first-order valence-corrected chi connectivity index (χ1v) is 6.33. The Morgan fingerprint density at radius 2 is 2.00 bits per heavy atom. The van der Waals surface area contributed by atoms with Crippen LogP contribution in [0.25, 0.3) is 16.6 Å². The smallest absolute Gasteiger partial charge is 0.335 e. The van der Waals surface area contributed by atoms with Crippen molar-refractivity contribution in [2.45, 2.75) is 0 Å². The number of fused-ring (bicyclic) bond motifs is 1. The Morgan fingerprint density at radius 1 is 1.19 bits per heavy atom. The van der Waals surface area contributed by atoms with Gasteiger partial charge in [-0.1, -0.05) is 22.9 Å². The van der Waals surface area contributed by atoms with E-state index in [0.29, 0.717) is 21.6 Å². The SMILES string of the molecule is O=C(O)c1cccc(-n2nnc3ccc(Cl)cc3c2=O)c1. The number of hydrogen-bond donors (Lipinski definition) is 1. The topological polar surface area (TPSA) is 85.1 Å². The van der Waals surface area contributed by atoms with E-state index in [0.717, 1.165) is 4.68 Å². The third-order valence-electron chi connectivity index (χ3n) is 2.96. The van der Waals surface area contributed by atoms with Crippen molar-refractivity contribution in [1.29, 1.82) is 0 Å². The van der Waals surface area contributed by atoms with Crippen LogP contribution in [0.4, 0.5) is 0 Å². The number of benzene rings is 2. The quantitative estimate of drug-likeness (QED) is 0.783. The standard InChI is InChI=1S/C14H8ClN3O3/c15-9-4-5-12-11(7-9)13(19)18(17-16-12)10-3-1-2-8(6-10)14(20)21/h1-7H,(H,20,21). The van der Waals surface area contributed by atoms with Crippen molar-refractivity contribution < 1.29 is 9.90 Å². The van der Waals surface area contributed by atoms with Gasteiger partial charge in [-0.25, -0.2) is 4.79 Å². The van der Waals surface area contributed by atoms with Crippen molar-refractivity contribution in [1.82, 2.24) is 15.0 Å². The van der Waals surface area contributed by atoms with Crippen LogP contribution >= 0.6 is 11.6 Å². The zero-order chi connectivity index (χ0) is 15.0. The summed E-state index contributed by atoms with van der Waals surface area (Å²) in [6.07, 6.45) is 0. The second-order valence-electron chi connectivity index (χ2n) is 4.32. The third-order valence-corrected chi connectivity index (χ3v) is 3.20. The summed E-state index contributed by atoms with van der Waals surface area (Å²) < 4.78 is 1.05. The van der Waals surface area contributed by atoms with Crippen molar-refractivity contribution in [3.05, 3.63) is 63.4 Å². The Bertz CT molecular complexity index is 921. The first-order valence-electron chi connectivity index (χ1n) is 5.95. The molecule has 21 heavy (non-hydrogen) atoms. The van der Waals surface area contributed by atoms with Gasteiger partial charge in [0.15, 0.2) is 0 Å². The molecule has 0 bridgehead atoms. The Kier molecular flexibility index (Phi) is 3.15. The maximum absolute atomic E-state index is 12.4. The molecule has 6 nitrogen and oxygen atoms in total. The molecular weight excluding hydrogens is 294 g/mol. The summed E-state index contributed by atoms with van der Waals surface area (Å²) in [5.74, 6) is -1.08. The van der Waals surface area contributed by atoms with E-state index in [4.69, 9.17) is 16.7 Å². The van der Waals surface area contributed by atoms with Crippen LogP contribution < -0.4 is 5.56 Å². The summed E-state index contributed by atoms with van der Waals surface area (Å²) in [7, 11) is 0. The second-order valence-corrected chi connectivity index (χ2v) is 4.76. The number of carbonyl (C=O) groups is 1. The van der Waals surface area contributed by atoms with Gasteiger partial charge in [0, 0.05) is 5.02 Å². The molecule has 0 aliphatic heterocycles. The molecule has 0 saturated heterocycles. The minimum absolute atomic E-state index is 0.0624. The normalized spacial score (nSPS) is 10.7. The number of aromatic nitrogens is 3. The highest BCUT2D eigenvalue weighted by atomic mass is 35.5. The highest BCUT2D eigenvalue weighted by Crippen LogP contribution is 2.15. The molecule has 104 valence electrons. The lowest BCUT2D eigenvalue weighted by atomic mass is 10.2. The van der Waals surface area contributed by atoms with Gasteiger partial charge in [0.05, 0.1) is 16.6 Å². The van der Waals surface area contributed by atoms with E-state index in [2.05, 4.69) is 10.3 Å². The van der Waals surface area contributed by atoms with Gasteiger partial charge in [0.1, 0.15) is 5.52 Å². The lowest BCUT2D eigenvalue weighted by molar-refractivity contribution is 0.0697. The third kappa shape index (κ3) is 2.36. The van der Waals surface area contributed by atoms with Gasteiger partial charge in [0.2, 0.25) is 0 Å². The predicted molar refractivity (Wildman–Crippen MR) is 77.1 cm³/mol. The molecule has 7 heteroatoms. The second kappa shape index (κ2) is 4.99. The molecule has 3 aromatic rings. The van der Waals surface area contributed by atoms with Crippen molar-refractivity contribution in [2.75, 3.05) is 0 Å². The number of carboxylic acids is 1. The molecular formula is C14H8ClN3O3. The number of halogens is 1. The minimum atomic E-state index is -1.08. The highest BCUT2D eigenvalue weighted by Gasteiger charge is 2.10. The summed E-state index contributed by atoms with van der Waals surface area (Å²) in [6.45, 7) is 0. The van der Waals surface area contributed by atoms with Crippen LogP contribution in [0, 0.1) is 0 Å². The van der Waals surface area contributed by atoms with E-state index in [1.54, 1.807) is 18.2 Å². The largest absolute Gasteiger partial charge is 0.478 e. The molecule has 3 rings (SSSR count). The van der Waals surface area contributed by atoms with Crippen LogP contribution in [0.2, 0.25) is 5.02 Å². The van der Waals surface area contributed by atoms with E-state index in [9.17, 15) is 9.59 Å². The van der Waals surface area contributed by atoms with Crippen LogP contribution in [0.5, 0.6) is 0 Å². The molecule has 0 amide bonds. The molecule has 0 aliphatic rings. The zero-order valence-electron chi connectivity index (χ0n) is 10.5. The molecule has 0 spiro atoms. The molecule has 0 saturated carbocycles. The maximum Gasteiger partial charge on any atom is 0.335 e. The molecule has 0 atom stereocenters. The van der Waals surface area contributed by atoms with E-state index in [1.807, 2.05) is 0 Å². The number of rotatable bonds is 2. The average Bonchev–Trinajstić information content (AvgIpc) is 2.48. The van der Waals surface area contributed by atoms with Crippen LogP contribution in [-0.2, 0) is 0 Å². The lowest BCUT2D eigenvalue weighted by Gasteiger charge is -2.05. The monoisotopic (exact) mass is 301 g/mol. The van der Waals surface area contributed by atoms with Gasteiger partial charge >= 0.3 is 5.97 Å². The van der Waals surface area contributed by atoms with Gasteiger partial charge < -0.3 is 5.11 Å². The fourth-order valence-corrected chi connectivity index (χ4v) is 2.13. The molecule has 1 N–H and O–H groups in total. The van der Waals surface area contributed by atoms with Crippen LogP contribution in [0.15, 0.2) is 47.3 Å². The Hall–Kier alpha value is -2.73. The summed E-state index contributed by atoms with van der Waals surface area (Å²) in [5, 5.41) is 17.5. The van der Waals surface area contributed by atoms with Crippen molar-refractivity contribution in [3.63, 3.8) is 0 Å². The Balaban J connectivity index is 2.26. The van der Waals surface area contributed by atoms with Crippen molar-refractivity contribution in [3.8, 4) is 5.69 Å². The highest BCUT2D eigenvalue weighted by molar-refractivity contribution is 6.31. The van der Waals surface area contributed by atoms with Crippen molar-refractivity contribution >= 4 is 28.5 Å². The van der Waals surface area contributed by atoms with Gasteiger partial charge in [-0.05, 0) is 36.4 Å². The molecule has 0 radical (unpaired) electrons. The molecule has 0 unspecified atom stereocenters.